The highest BCUT2D eigenvalue weighted by Gasteiger charge is 2.14. The first-order chi connectivity index (χ1) is 14.0. The van der Waals surface area contributed by atoms with Crippen LogP contribution in [0.5, 0.6) is 0 Å². The molecule has 0 unspecified atom stereocenters. The molecule has 1 aliphatic rings. The molecule has 1 aliphatic heterocycles. The highest BCUT2D eigenvalue weighted by molar-refractivity contribution is 5.94. The third kappa shape index (κ3) is 4.05. The fraction of sp³-hybridized carbons (Fsp3) is 0.227. The van der Waals surface area contributed by atoms with Gasteiger partial charge in [0, 0.05) is 41.9 Å². The number of hydrogen-bond acceptors (Lipinski definition) is 5. The molecule has 0 radical (unpaired) electrons. The van der Waals surface area contributed by atoms with E-state index >= 15 is 0 Å². The van der Waals surface area contributed by atoms with Crippen LogP contribution in [0.4, 0.5) is 5.82 Å². The van der Waals surface area contributed by atoms with E-state index in [-0.39, 0.29) is 11.5 Å². The zero-order valence-electron chi connectivity index (χ0n) is 16.1. The number of nitrogen functional groups attached to an aromatic ring is 1. The Hall–Kier alpha value is -3.45. The average molecular weight is 390 g/mol. The lowest BCUT2D eigenvalue weighted by Crippen LogP contribution is -2.39. The summed E-state index contributed by atoms with van der Waals surface area (Å²) in [4.78, 5) is 32.9. The van der Waals surface area contributed by atoms with E-state index in [1.54, 1.807) is 24.1 Å². The number of fused-ring (bicyclic) bond motifs is 1. The highest BCUT2D eigenvalue weighted by atomic mass is 16.5. The molecule has 0 spiro atoms. The van der Waals surface area contributed by atoms with Crippen molar-refractivity contribution in [3.63, 3.8) is 0 Å². The Kier molecular flexibility index (Phi) is 5.14. The van der Waals surface area contributed by atoms with E-state index in [2.05, 4.69) is 9.97 Å². The molecule has 4 rings (SSSR count). The molecule has 0 aliphatic carbocycles. The first kappa shape index (κ1) is 18.9. The van der Waals surface area contributed by atoms with E-state index in [9.17, 15) is 9.59 Å². The van der Waals surface area contributed by atoms with Gasteiger partial charge in [0.15, 0.2) is 0 Å². The summed E-state index contributed by atoms with van der Waals surface area (Å²) in [5, 5.41) is 0.902. The molecule has 3 heterocycles. The number of rotatable bonds is 3. The molecule has 0 saturated carbocycles. The first-order valence-electron chi connectivity index (χ1n) is 9.46. The molecule has 0 atom stereocenters. The highest BCUT2D eigenvalue weighted by Crippen LogP contribution is 2.26. The van der Waals surface area contributed by atoms with Gasteiger partial charge in [-0.15, -0.1) is 0 Å². The molecule has 3 aromatic rings. The average Bonchev–Trinajstić information content (AvgIpc) is 2.74. The van der Waals surface area contributed by atoms with Crippen LogP contribution in [-0.4, -0.2) is 47.1 Å². The minimum Gasteiger partial charge on any atom is -0.383 e. The van der Waals surface area contributed by atoms with Crippen LogP contribution in [0, 0.1) is 6.92 Å². The molecule has 7 nitrogen and oxygen atoms in total. The normalized spacial score (nSPS) is 14.6. The van der Waals surface area contributed by atoms with E-state index in [0.717, 1.165) is 22.0 Å². The molecule has 29 heavy (non-hydrogen) atoms. The molecule has 1 fully saturated rings. The van der Waals surface area contributed by atoms with Crippen LogP contribution in [0.2, 0.25) is 0 Å². The standard InChI is InChI=1S/C22H22N4O3/c1-14-10-18(13-24-22(14)28)15-2-4-19-17(11-15)12-16(21(23)25-19)3-5-20(27)26-6-8-29-9-7-26/h2-5,10-13H,6-9H2,1H3,(H2,23,25)(H,24,28)/b5-3+. The SMILES string of the molecule is Cc1cc(-c2ccc3nc(N)c(/C=C/C(=O)N4CCOCC4)cc3c2)c[nH]c1=O. The van der Waals surface area contributed by atoms with Crippen LogP contribution < -0.4 is 11.3 Å². The number of pyridine rings is 2. The second kappa shape index (κ2) is 7.89. The van der Waals surface area contributed by atoms with Gasteiger partial charge in [-0.3, -0.25) is 9.59 Å². The van der Waals surface area contributed by atoms with Crippen molar-refractivity contribution in [3.05, 3.63) is 64.1 Å². The van der Waals surface area contributed by atoms with Gasteiger partial charge in [0.1, 0.15) is 5.82 Å². The number of amides is 1. The van der Waals surface area contributed by atoms with Crippen LogP contribution in [0.1, 0.15) is 11.1 Å². The van der Waals surface area contributed by atoms with Gasteiger partial charge in [0.05, 0.1) is 18.7 Å². The van der Waals surface area contributed by atoms with Crippen molar-refractivity contribution in [2.75, 3.05) is 32.0 Å². The topological polar surface area (TPSA) is 101 Å². The number of H-pyrrole nitrogens is 1. The van der Waals surface area contributed by atoms with Gasteiger partial charge in [0.2, 0.25) is 5.91 Å². The number of ether oxygens (including phenoxy) is 1. The number of hydrogen-bond donors (Lipinski definition) is 2. The van der Waals surface area contributed by atoms with Gasteiger partial charge in [-0.2, -0.15) is 0 Å². The summed E-state index contributed by atoms with van der Waals surface area (Å²) in [7, 11) is 0. The maximum Gasteiger partial charge on any atom is 0.250 e. The molecule has 7 heteroatoms. The third-order valence-corrected chi connectivity index (χ3v) is 5.03. The number of nitrogens with one attached hydrogen (secondary N) is 1. The van der Waals surface area contributed by atoms with Gasteiger partial charge in [-0.25, -0.2) is 4.98 Å². The fourth-order valence-corrected chi connectivity index (χ4v) is 3.34. The van der Waals surface area contributed by atoms with Crippen LogP contribution in [0.15, 0.2) is 47.4 Å². The number of aromatic nitrogens is 2. The van der Waals surface area contributed by atoms with Crippen molar-refractivity contribution >= 4 is 28.7 Å². The lowest BCUT2D eigenvalue weighted by molar-refractivity contribution is -0.129. The maximum atomic E-state index is 12.3. The number of aryl methyl sites for hydroxylation is 1. The molecule has 1 saturated heterocycles. The van der Waals surface area contributed by atoms with E-state index < -0.39 is 0 Å². The minimum absolute atomic E-state index is 0.0646. The summed E-state index contributed by atoms with van der Waals surface area (Å²) >= 11 is 0. The van der Waals surface area contributed by atoms with Crippen LogP contribution >= 0.6 is 0 Å². The number of nitrogens with two attached hydrogens (primary N) is 1. The van der Waals surface area contributed by atoms with E-state index in [4.69, 9.17) is 10.5 Å². The molecule has 1 amide bonds. The van der Waals surface area contributed by atoms with E-state index in [1.165, 1.54) is 6.08 Å². The quantitative estimate of drug-likeness (QED) is 0.669. The summed E-state index contributed by atoms with van der Waals surface area (Å²) in [6.45, 7) is 4.09. The lowest BCUT2D eigenvalue weighted by Gasteiger charge is -2.25. The fourth-order valence-electron chi connectivity index (χ4n) is 3.34. The van der Waals surface area contributed by atoms with Crippen molar-refractivity contribution in [1.29, 1.82) is 0 Å². The molecule has 3 N–H and O–H groups in total. The van der Waals surface area contributed by atoms with Gasteiger partial charge >= 0.3 is 0 Å². The first-order valence-corrected chi connectivity index (χ1v) is 9.46. The Morgan fingerprint density at radius 1 is 1.21 bits per heavy atom. The molecule has 1 aromatic carbocycles. The van der Waals surface area contributed by atoms with E-state index in [1.807, 2.05) is 30.3 Å². The van der Waals surface area contributed by atoms with Crippen molar-refractivity contribution in [3.8, 4) is 11.1 Å². The second-order valence-electron chi connectivity index (χ2n) is 7.04. The predicted octanol–water partition coefficient (Wildman–Crippen LogP) is 2.35. The van der Waals surface area contributed by atoms with Gasteiger partial charge in [-0.1, -0.05) is 6.07 Å². The van der Waals surface area contributed by atoms with Crippen LogP contribution in [0.3, 0.4) is 0 Å². The zero-order chi connectivity index (χ0) is 20.4. The molecule has 0 bridgehead atoms. The van der Waals surface area contributed by atoms with Crippen molar-refractivity contribution in [2.45, 2.75) is 6.92 Å². The summed E-state index contributed by atoms with van der Waals surface area (Å²) in [6, 6.07) is 9.61. The number of morpholine rings is 1. The molecule has 2 aromatic heterocycles. The van der Waals surface area contributed by atoms with Crippen LogP contribution in [-0.2, 0) is 9.53 Å². The van der Waals surface area contributed by atoms with Gasteiger partial charge in [-0.05, 0) is 48.4 Å². The van der Waals surface area contributed by atoms with Crippen molar-refractivity contribution in [1.82, 2.24) is 14.9 Å². The third-order valence-electron chi connectivity index (χ3n) is 5.03. The molecular formula is C22H22N4O3. The Labute approximate surface area is 167 Å². The Balaban J connectivity index is 1.65. The number of aromatic amines is 1. The predicted molar refractivity (Wildman–Crippen MR) is 113 cm³/mol. The van der Waals surface area contributed by atoms with Crippen molar-refractivity contribution in [2.24, 2.45) is 0 Å². The Bertz CT molecular complexity index is 1160. The smallest absolute Gasteiger partial charge is 0.250 e. The Morgan fingerprint density at radius 3 is 2.76 bits per heavy atom. The number of nitrogens with zero attached hydrogens (tertiary/aromatic N) is 2. The zero-order valence-corrected chi connectivity index (χ0v) is 16.1. The lowest BCUT2D eigenvalue weighted by atomic mass is 10.0. The summed E-state index contributed by atoms with van der Waals surface area (Å²) in [5.41, 5.74) is 9.98. The van der Waals surface area contributed by atoms with Gasteiger partial charge in [0.25, 0.3) is 5.56 Å². The molecular weight excluding hydrogens is 368 g/mol. The van der Waals surface area contributed by atoms with Crippen molar-refractivity contribution < 1.29 is 9.53 Å². The minimum atomic E-state index is -0.0960. The number of benzene rings is 1. The number of anilines is 1. The van der Waals surface area contributed by atoms with Crippen LogP contribution in [0.25, 0.3) is 28.1 Å². The Morgan fingerprint density at radius 2 is 2.00 bits per heavy atom. The van der Waals surface area contributed by atoms with Gasteiger partial charge < -0.3 is 20.4 Å². The largest absolute Gasteiger partial charge is 0.383 e. The van der Waals surface area contributed by atoms with E-state index in [0.29, 0.717) is 43.2 Å². The molecule has 148 valence electrons. The number of carbonyl (C=O) groups is 1. The number of carbonyl (C=O) groups excluding carboxylic acids is 1. The summed E-state index contributed by atoms with van der Waals surface area (Å²) in [5.74, 6) is 0.307. The summed E-state index contributed by atoms with van der Waals surface area (Å²) in [6.07, 6.45) is 4.93. The monoisotopic (exact) mass is 390 g/mol. The summed E-state index contributed by atoms with van der Waals surface area (Å²) < 4.78 is 5.27. The maximum absolute atomic E-state index is 12.3. The second-order valence-corrected chi connectivity index (χ2v) is 7.04.